The zero-order valence-corrected chi connectivity index (χ0v) is 15.5. The van der Waals surface area contributed by atoms with Gasteiger partial charge in [0.25, 0.3) is 0 Å². The van der Waals surface area contributed by atoms with Crippen molar-refractivity contribution in [1.29, 1.82) is 0 Å². The highest BCUT2D eigenvalue weighted by atomic mass is 127. The van der Waals surface area contributed by atoms with Crippen LogP contribution in [0.5, 0.6) is 0 Å². The molecule has 1 saturated heterocycles. The van der Waals surface area contributed by atoms with Gasteiger partial charge in [0.15, 0.2) is 5.17 Å². The molecule has 4 nitrogen and oxygen atoms in total. The van der Waals surface area contributed by atoms with Gasteiger partial charge >= 0.3 is 0 Å². The number of nitrogens with one attached hydrogen (secondary N) is 1. The first-order valence-electron chi connectivity index (χ1n) is 7.02. The van der Waals surface area contributed by atoms with Crippen LogP contribution in [0, 0.1) is 0 Å². The van der Waals surface area contributed by atoms with Crippen molar-refractivity contribution < 1.29 is 0 Å². The number of hydrogen-bond donors (Lipinski definition) is 1. The Bertz CT molecular complexity index is 584. The molecule has 1 aliphatic rings. The number of aliphatic imine (C=N–C) groups is 1. The highest BCUT2D eigenvalue weighted by Gasteiger charge is 2.24. The molecule has 1 fully saturated rings. The number of amidine groups is 1. The van der Waals surface area contributed by atoms with Crippen molar-refractivity contribution in [2.45, 2.75) is 18.8 Å². The lowest BCUT2D eigenvalue weighted by atomic mass is 9.96. The predicted molar refractivity (Wildman–Crippen MR) is 102 cm³/mol. The largest absolute Gasteiger partial charge is 0.351 e. The van der Waals surface area contributed by atoms with Crippen LogP contribution >= 0.6 is 35.7 Å². The number of nitrogens with zero attached hydrogens (tertiary/aromatic N) is 3. The molecule has 3 rings (SSSR count). The number of thioether (sulfide) groups is 1. The number of H-pyrrole nitrogens is 1. The van der Waals surface area contributed by atoms with Gasteiger partial charge in [0.1, 0.15) is 5.82 Å². The van der Waals surface area contributed by atoms with E-state index in [9.17, 15) is 0 Å². The Morgan fingerprint density at radius 3 is 2.67 bits per heavy atom. The van der Waals surface area contributed by atoms with Crippen LogP contribution < -0.4 is 0 Å². The second-order valence-corrected chi connectivity index (χ2v) is 5.88. The Balaban J connectivity index is 0.00000161. The van der Waals surface area contributed by atoms with E-state index in [1.807, 2.05) is 13.1 Å². The maximum atomic E-state index is 4.74. The average Bonchev–Trinajstić information content (AvgIpc) is 2.93. The third-order valence-corrected chi connectivity index (χ3v) is 4.74. The van der Waals surface area contributed by atoms with Crippen LogP contribution in [0.3, 0.4) is 0 Å². The van der Waals surface area contributed by atoms with E-state index >= 15 is 0 Å². The third-order valence-electron chi connectivity index (χ3n) is 3.93. The summed E-state index contributed by atoms with van der Waals surface area (Å²) in [5.74, 6) is 1.68. The molecular formula is C15H21IN4S. The molecule has 2 heterocycles. The topological polar surface area (TPSA) is 44.3 Å². The van der Waals surface area contributed by atoms with Crippen LogP contribution in [0.2, 0.25) is 0 Å². The average molecular weight is 416 g/mol. The van der Waals surface area contributed by atoms with E-state index in [4.69, 9.17) is 4.98 Å². The third kappa shape index (κ3) is 3.53. The lowest BCUT2D eigenvalue weighted by molar-refractivity contribution is 0.312. The van der Waals surface area contributed by atoms with Gasteiger partial charge in [-0.25, -0.2) is 4.98 Å². The number of rotatable bonds is 1. The molecule has 1 aliphatic heterocycles. The van der Waals surface area contributed by atoms with Crippen molar-refractivity contribution in [2.24, 2.45) is 4.99 Å². The predicted octanol–water partition coefficient (Wildman–Crippen LogP) is 3.71. The number of benzene rings is 1. The van der Waals surface area contributed by atoms with E-state index in [1.165, 1.54) is 0 Å². The number of imidazole rings is 1. The molecule has 1 aromatic carbocycles. The van der Waals surface area contributed by atoms with Gasteiger partial charge in [0.2, 0.25) is 0 Å². The number of aromatic nitrogens is 2. The maximum absolute atomic E-state index is 4.74. The normalized spacial score (nSPS) is 17.0. The summed E-state index contributed by atoms with van der Waals surface area (Å²) in [6, 6.07) is 8.25. The maximum Gasteiger partial charge on any atom is 0.158 e. The van der Waals surface area contributed by atoms with E-state index < -0.39 is 0 Å². The van der Waals surface area contributed by atoms with Gasteiger partial charge in [-0.05, 0) is 31.2 Å². The zero-order chi connectivity index (χ0) is 13.9. The minimum Gasteiger partial charge on any atom is -0.351 e. The molecule has 0 spiro atoms. The molecule has 0 unspecified atom stereocenters. The van der Waals surface area contributed by atoms with Gasteiger partial charge in [-0.1, -0.05) is 23.9 Å². The number of likely N-dealkylation sites (tertiary alicyclic amines) is 1. The smallest absolute Gasteiger partial charge is 0.158 e. The van der Waals surface area contributed by atoms with Crippen LogP contribution in [-0.4, -0.2) is 46.4 Å². The first-order chi connectivity index (χ1) is 9.81. The number of aromatic amines is 1. The van der Waals surface area contributed by atoms with E-state index in [0.717, 1.165) is 48.0 Å². The molecule has 2 aromatic rings. The fraction of sp³-hybridized carbons (Fsp3) is 0.467. The fourth-order valence-electron chi connectivity index (χ4n) is 2.87. The molecule has 21 heavy (non-hydrogen) atoms. The highest BCUT2D eigenvalue weighted by Crippen LogP contribution is 2.28. The lowest BCUT2D eigenvalue weighted by Crippen LogP contribution is -2.36. The van der Waals surface area contributed by atoms with Gasteiger partial charge in [0, 0.05) is 26.1 Å². The van der Waals surface area contributed by atoms with Crippen molar-refractivity contribution >= 4 is 51.9 Å². The summed E-state index contributed by atoms with van der Waals surface area (Å²) >= 11 is 1.73. The molecule has 0 radical (unpaired) electrons. The van der Waals surface area contributed by atoms with Crippen molar-refractivity contribution in [2.75, 3.05) is 26.4 Å². The first-order valence-corrected chi connectivity index (χ1v) is 8.24. The first kappa shape index (κ1) is 16.6. The SMILES string of the molecule is CN=C(SC)N1CCC(c2nc3ccccc3[nH]2)CC1.I. The summed E-state index contributed by atoms with van der Waals surface area (Å²) in [5.41, 5.74) is 2.22. The second kappa shape index (κ2) is 7.49. The molecule has 0 amide bonds. The van der Waals surface area contributed by atoms with Crippen LogP contribution in [-0.2, 0) is 0 Å². The molecule has 0 bridgehead atoms. The standard InChI is InChI=1S/C15H20N4S.HI/c1-16-15(20-2)19-9-7-11(8-10-19)14-17-12-5-3-4-6-13(12)18-14;/h3-6,11H,7-10H2,1-2H3,(H,17,18);1H. The van der Waals surface area contributed by atoms with Crippen LogP contribution in [0.25, 0.3) is 11.0 Å². The van der Waals surface area contributed by atoms with Gasteiger partial charge in [-0.2, -0.15) is 0 Å². The van der Waals surface area contributed by atoms with Gasteiger partial charge in [0.05, 0.1) is 11.0 Å². The van der Waals surface area contributed by atoms with E-state index in [2.05, 4.69) is 39.3 Å². The molecule has 114 valence electrons. The summed E-state index contributed by atoms with van der Waals surface area (Å²) in [6.07, 6.45) is 4.37. The molecule has 6 heteroatoms. The Morgan fingerprint density at radius 2 is 2.05 bits per heavy atom. The van der Waals surface area contributed by atoms with E-state index in [0.29, 0.717) is 5.92 Å². The molecule has 1 aromatic heterocycles. The van der Waals surface area contributed by atoms with Crippen molar-refractivity contribution in [1.82, 2.24) is 14.9 Å². The number of para-hydroxylation sites is 2. The van der Waals surface area contributed by atoms with E-state index in [1.54, 1.807) is 11.8 Å². The minimum absolute atomic E-state index is 0. The number of hydrogen-bond acceptors (Lipinski definition) is 3. The van der Waals surface area contributed by atoms with Crippen LogP contribution in [0.4, 0.5) is 0 Å². The van der Waals surface area contributed by atoms with Gasteiger partial charge < -0.3 is 9.88 Å². The Kier molecular flexibility index (Phi) is 5.92. The van der Waals surface area contributed by atoms with E-state index in [-0.39, 0.29) is 24.0 Å². The number of piperidine rings is 1. The van der Waals surface area contributed by atoms with Crippen LogP contribution in [0.15, 0.2) is 29.3 Å². The van der Waals surface area contributed by atoms with Crippen molar-refractivity contribution in [3.63, 3.8) is 0 Å². The number of fused-ring (bicyclic) bond motifs is 1. The molecule has 0 atom stereocenters. The Labute approximate surface area is 146 Å². The number of halogens is 1. The fourth-order valence-corrected chi connectivity index (χ4v) is 3.50. The van der Waals surface area contributed by atoms with Crippen molar-refractivity contribution in [3.05, 3.63) is 30.1 Å². The van der Waals surface area contributed by atoms with Gasteiger partial charge in [-0.15, -0.1) is 24.0 Å². The molecule has 0 aliphatic carbocycles. The molecular weight excluding hydrogens is 395 g/mol. The minimum atomic E-state index is 0. The Morgan fingerprint density at radius 1 is 1.33 bits per heavy atom. The van der Waals surface area contributed by atoms with Crippen molar-refractivity contribution in [3.8, 4) is 0 Å². The zero-order valence-electron chi connectivity index (χ0n) is 12.4. The van der Waals surface area contributed by atoms with Crippen LogP contribution in [0.1, 0.15) is 24.6 Å². The quantitative estimate of drug-likeness (QED) is 0.438. The monoisotopic (exact) mass is 416 g/mol. The summed E-state index contributed by atoms with van der Waals surface area (Å²) in [6.45, 7) is 2.13. The second-order valence-electron chi connectivity index (χ2n) is 5.11. The summed E-state index contributed by atoms with van der Waals surface area (Å²) in [4.78, 5) is 14.9. The highest BCUT2D eigenvalue weighted by molar-refractivity contribution is 14.0. The molecule has 0 saturated carbocycles. The summed E-state index contributed by atoms with van der Waals surface area (Å²) < 4.78 is 0. The van der Waals surface area contributed by atoms with Gasteiger partial charge in [-0.3, -0.25) is 4.99 Å². The summed E-state index contributed by atoms with van der Waals surface area (Å²) in [5, 5.41) is 1.15. The Hall–Kier alpha value is -0.760. The summed E-state index contributed by atoms with van der Waals surface area (Å²) in [7, 11) is 1.87. The molecule has 1 N–H and O–H groups in total. The lowest BCUT2D eigenvalue weighted by Gasteiger charge is -2.32.